The predicted octanol–water partition coefficient (Wildman–Crippen LogP) is 5.30. The molecule has 2 N–H and O–H groups in total. The van der Waals surface area contributed by atoms with E-state index in [-0.39, 0.29) is 6.03 Å². The van der Waals surface area contributed by atoms with Crippen molar-refractivity contribution in [2.45, 2.75) is 6.54 Å². The van der Waals surface area contributed by atoms with Gasteiger partial charge in [0.25, 0.3) is 5.89 Å². The molecule has 9 nitrogen and oxygen atoms in total. The van der Waals surface area contributed by atoms with Gasteiger partial charge in [-0.15, -0.1) is 0 Å². The zero-order valence-electron chi connectivity index (χ0n) is 18.9. The average molecular weight is 467 g/mol. The van der Waals surface area contributed by atoms with Gasteiger partial charge in [-0.3, -0.25) is 0 Å². The summed E-state index contributed by atoms with van der Waals surface area (Å²) in [7, 11) is 1.62. The molecule has 5 aromatic rings. The van der Waals surface area contributed by atoms with Crippen LogP contribution < -0.4 is 15.4 Å². The number of rotatable bonds is 7. The SMILES string of the molecule is COc1ccc(-c2noc(-c3cn(Cc4ccc(NC(=O)Nc5ccccc5)cc4)cn3)n2)cc1. The minimum atomic E-state index is -0.295. The number of carbonyl (C=O) groups excluding carboxylic acids is 1. The summed E-state index contributed by atoms with van der Waals surface area (Å²) in [6.07, 6.45) is 3.57. The third-order valence-corrected chi connectivity index (χ3v) is 5.24. The largest absolute Gasteiger partial charge is 0.497 e. The molecule has 0 unspecified atom stereocenters. The summed E-state index contributed by atoms with van der Waals surface area (Å²) in [6, 6.07) is 24.0. The number of amides is 2. The van der Waals surface area contributed by atoms with Crippen LogP contribution in [0.2, 0.25) is 0 Å². The van der Waals surface area contributed by atoms with Crippen LogP contribution in [-0.4, -0.2) is 32.8 Å². The van der Waals surface area contributed by atoms with Gasteiger partial charge >= 0.3 is 6.03 Å². The van der Waals surface area contributed by atoms with Gasteiger partial charge in [-0.05, 0) is 54.1 Å². The molecule has 35 heavy (non-hydrogen) atoms. The lowest BCUT2D eigenvalue weighted by atomic mass is 10.2. The Morgan fingerprint density at radius 2 is 1.66 bits per heavy atom. The summed E-state index contributed by atoms with van der Waals surface area (Å²) in [6.45, 7) is 0.600. The number of nitrogens with zero attached hydrogens (tertiary/aromatic N) is 4. The fraction of sp³-hybridized carbons (Fsp3) is 0.0769. The second-order valence-electron chi connectivity index (χ2n) is 7.72. The van der Waals surface area contributed by atoms with Crippen molar-refractivity contribution in [2.75, 3.05) is 17.7 Å². The summed E-state index contributed by atoms with van der Waals surface area (Å²) >= 11 is 0. The van der Waals surface area contributed by atoms with E-state index < -0.39 is 0 Å². The van der Waals surface area contributed by atoms with Gasteiger partial charge in [0, 0.05) is 29.7 Å². The normalized spacial score (nSPS) is 10.7. The monoisotopic (exact) mass is 466 g/mol. The molecular weight excluding hydrogens is 444 g/mol. The number of hydrogen-bond acceptors (Lipinski definition) is 6. The molecule has 0 saturated heterocycles. The van der Waals surface area contributed by atoms with Crippen LogP contribution in [0.25, 0.3) is 23.0 Å². The van der Waals surface area contributed by atoms with Crippen molar-refractivity contribution in [3.05, 3.63) is 97.0 Å². The first-order valence-electron chi connectivity index (χ1n) is 10.9. The Morgan fingerprint density at radius 1 is 0.943 bits per heavy atom. The molecule has 9 heteroatoms. The molecule has 2 heterocycles. The molecule has 0 aliphatic rings. The molecule has 0 fully saturated rings. The second-order valence-corrected chi connectivity index (χ2v) is 7.72. The quantitative estimate of drug-likeness (QED) is 0.337. The van der Waals surface area contributed by atoms with Crippen molar-refractivity contribution in [3.63, 3.8) is 0 Å². The van der Waals surface area contributed by atoms with Gasteiger partial charge in [-0.2, -0.15) is 4.98 Å². The molecule has 174 valence electrons. The standard InChI is InChI=1S/C26H22N6O3/c1-34-22-13-9-19(10-14-22)24-30-25(35-31-24)23-16-32(17-27-23)15-18-7-11-21(12-8-18)29-26(33)28-20-5-3-2-4-6-20/h2-14,16-17H,15H2,1H3,(H2,28,29,33). The van der Waals surface area contributed by atoms with Crippen LogP contribution in [-0.2, 0) is 6.54 Å². The topological polar surface area (TPSA) is 107 Å². The number of hydrogen-bond donors (Lipinski definition) is 2. The van der Waals surface area contributed by atoms with E-state index in [4.69, 9.17) is 9.26 Å². The van der Waals surface area contributed by atoms with Crippen molar-refractivity contribution in [1.82, 2.24) is 19.7 Å². The maximum absolute atomic E-state index is 12.2. The Hall–Kier alpha value is -4.92. The van der Waals surface area contributed by atoms with Crippen molar-refractivity contribution < 1.29 is 14.1 Å². The molecular formula is C26H22N6O3. The van der Waals surface area contributed by atoms with Crippen LogP contribution in [0.1, 0.15) is 5.56 Å². The van der Waals surface area contributed by atoms with Gasteiger partial charge in [0.1, 0.15) is 11.4 Å². The lowest BCUT2D eigenvalue weighted by Crippen LogP contribution is -2.19. The summed E-state index contributed by atoms with van der Waals surface area (Å²) < 4.78 is 12.5. The number of imidazole rings is 1. The summed E-state index contributed by atoms with van der Waals surface area (Å²) in [4.78, 5) is 21.0. The molecule has 2 aromatic heterocycles. The van der Waals surface area contributed by atoms with Crippen LogP contribution in [0.3, 0.4) is 0 Å². The molecule has 0 aliphatic heterocycles. The van der Waals surface area contributed by atoms with Crippen molar-refractivity contribution in [2.24, 2.45) is 0 Å². The molecule has 5 rings (SSSR count). The minimum absolute atomic E-state index is 0.295. The summed E-state index contributed by atoms with van der Waals surface area (Å²) in [5.74, 6) is 1.59. The van der Waals surface area contributed by atoms with E-state index in [0.717, 1.165) is 22.6 Å². The maximum Gasteiger partial charge on any atom is 0.323 e. The molecule has 0 atom stereocenters. The van der Waals surface area contributed by atoms with Crippen LogP contribution in [0.5, 0.6) is 5.75 Å². The number of nitrogens with one attached hydrogen (secondary N) is 2. The van der Waals surface area contributed by atoms with E-state index in [9.17, 15) is 4.79 Å². The van der Waals surface area contributed by atoms with Gasteiger partial charge in [0.15, 0.2) is 0 Å². The summed E-state index contributed by atoms with van der Waals surface area (Å²) in [5.41, 5.74) is 3.90. The Balaban J connectivity index is 1.20. The molecule has 0 radical (unpaired) electrons. The first-order valence-corrected chi connectivity index (χ1v) is 10.9. The van der Waals surface area contributed by atoms with E-state index >= 15 is 0 Å². The van der Waals surface area contributed by atoms with Gasteiger partial charge in [-0.25, -0.2) is 9.78 Å². The van der Waals surface area contributed by atoms with Gasteiger partial charge < -0.3 is 24.5 Å². The number of methoxy groups -OCH3 is 1. The zero-order chi connectivity index (χ0) is 24.0. The average Bonchev–Trinajstić information content (AvgIpc) is 3.56. The first kappa shape index (κ1) is 21.9. The number of urea groups is 1. The van der Waals surface area contributed by atoms with E-state index in [1.807, 2.05) is 89.6 Å². The Labute approximate surface area is 201 Å². The van der Waals surface area contributed by atoms with Crippen molar-refractivity contribution >= 4 is 17.4 Å². The number of para-hydroxylation sites is 1. The molecule has 3 aromatic carbocycles. The molecule has 0 saturated carbocycles. The highest BCUT2D eigenvalue weighted by molar-refractivity contribution is 5.99. The molecule has 0 bridgehead atoms. The minimum Gasteiger partial charge on any atom is -0.497 e. The van der Waals surface area contributed by atoms with Crippen LogP contribution >= 0.6 is 0 Å². The first-order chi connectivity index (χ1) is 17.2. The highest BCUT2D eigenvalue weighted by Gasteiger charge is 2.13. The fourth-order valence-corrected chi connectivity index (χ4v) is 3.46. The van der Waals surface area contributed by atoms with Crippen LogP contribution in [0.4, 0.5) is 16.2 Å². The summed E-state index contributed by atoms with van der Waals surface area (Å²) in [5, 5.41) is 9.67. The predicted molar refractivity (Wildman–Crippen MR) is 132 cm³/mol. The van der Waals surface area contributed by atoms with Crippen LogP contribution in [0.15, 0.2) is 95.9 Å². The van der Waals surface area contributed by atoms with Crippen molar-refractivity contribution in [3.8, 4) is 28.7 Å². The molecule has 0 aliphatic carbocycles. The third kappa shape index (κ3) is 5.36. The third-order valence-electron chi connectivity index (χ3n) is 5.24. The molecule has 0 spiro atoms. The number of ether oxygens (including phenoxy) is 1. The van der Waals surface area contributed by atoms with Gasteiger partial charge in [-0.1, -0.05) is 35.5 Å². The van der Waals surface area contributed by atoms with E-state index in [0.29, 0.717) is 29.6 Å². The second kappa shape index (κ2) is 9.92. The van der Waals surface area contributed by atoms with E-state index in [1.165, 1.54) is 0 Å². The number of carbonyl (C=O) groups is 1. The van der Waals surface area contributed by atoms with E-state index in [1.54, 1.807) is 13.4 Å². The molecule has 2 amide bonds. The Kier molecular flexibility index (Phi) is 6.21. The number of anilines is 2. The Bertz CT molecular complexity index is 1410. The zero-order valence-corrected chi connectivity index (χ0v) is 18.9. The van der Waals surface area contributed by atoms with Crippen LogP contribution in [0, 0.1) is 0 Å². The smallest absolute Gasteiger partial charge is 0.323 e. The highest BCUT2D eigenvalue weighted by atomic mass is 16.5. The van der Waals surface area contributed by atoms with E-state index in [2.05, 4.69) is 25.8 Å². The lowest BCUT2D eigenvalue weighted by Gasteiger charge is -2.08. The maximum atomic E-state index is 12.2. The lowest BCUT2D eigenvalue weighted by molar-refractivity contribution is 0.262. The fourth-order valence-electron chi connectivity index (χ4n) is 3.46. The highest BCUT2D eigenvalue weighted by Crippen LogP contribution is 2.23. The van der Waals surface area contributed by atoms with Gasteiger partial charge in [0.2, 0.25) is 5.82 Å². The number of benzene rings is 3. The van der Waals surface area contributed by atoms with Gasteiger partial charge in [0.05, 0.1) is 13.4 Å². The number of aromatic nitrogens is 4. The van der Waals surface area contributed by atoms with Crippen molar-refractivity contribution in [1.29, 1.82) is 0 Å². The Morgan fingerprint density at radius 3 is 2.37 bits per heavy atom.